The normalized spacial score (nSPS) is 12.7. The van der Waals surface area contributed by atoms with Crippen molar-refractivity contribution < 1.29 is 4.39 Å². The van der Waals surface area contributed by atoms with E-state index in [1.54, 1.807) is 6.07 Å². The minimum Gasteiger partial charge on any atom is -0.311 e. The van der Waals surface area contributed by atoms with Gasteiger partial charge in [0.05, 0.1) is 17.4 Å². The quantitative estimate of drug-likeness (QED) is 0.901. The van der Waals surface area contributed by atoms with Gasteiger partial charge in [-0.05, 0) is 57.1 Å². The third-order valence-electron chi connectivity index (χ3n) is 3.30. The number of rotatable bonds is 5. The maximum absolute atomic E-state index is 13.5. The summed E-state index contributed by atoms with van der Waals surface area (Å²) in [5, 5.41) is 7.76. The minimum atomic E-state index is -0.218. The number of likely N-dealkylation sites (N-methyl/N-ethyl adjacent to an activating group) is 1. The Morgan fingerprint density at radius 3 is 2.70 bits per heavy atom. The first-order chi connectivity index (χ1) is 9.53. The molecule has 1 aromatic carbocycles. The third-order valence-corrected chi connectivity index (χ3v) is 3.76. The van der Waals surface area contributed by atoms with Crippen molar-refractivity contribution >= 4 is 15.9 Å². The highest BCUT2D eigenvalue weighted by molar-refractivity contribution is 9.10. The molecule has 0 amide bonds. The second-order valence-electron chi connectivity index (χ2n) is 4.85. The molecule has 1 aromatic heterocycles. The van der Waals surface area contributed by atoms with E-state index in [0.29, 0.717) is 0 Å². The van der Waals surface area contributed by atoms with Gasteiger partial charge in [0.15, 0.2) is 0 Å². The van der Waals surface area contributed by atoms with Crippen molar-refractivity contribution in [2.24, 2.45) is 0 Å². The van der Waals surface area contributed by atoms with Crippen LogP contribution < -0.4 is 5.32 Å². The number of aromatic nitrogens is 2. The summed E-state index contributed by atoms with van der Waals surface area (Å²) < 4.78 is 16.2. The summed E-state index contributed by atoms with van der Waals surface area (Å²) in [5.74, 6) is -0.218. The van der Waals surface area contributed by atoms with Crippen molar-refractivity contribution in [3.63, 3.8) is 0 Å². The molecule has 0 bridgehead atoms. The Labute approximate surface area is 127 Å². The second-order valence-corrected chi connectivity index (χ2v) is 5.77. The smallest absolute Gasteiger partial charge is 0.124 e. The molecule has 0 radical (unpaired) electrons. The van der Waals surface area contributed by atoms with Crippen LogP contribution in [0.1, 0.15) is 29.9 Å². The van der Waals surface area contributed by atoms with Gasteiger partial charge in [-0.15, -0.1) is 0 Å². The largest absolute Gasteiger partial charge is 0.311 e. The zero-order valence-corrected chi connectivity index (χ0v) is 13.5. The Morgan fingerprint density at radius 2 is 2.10 bits per heavy atom. The molecular formula is C15H19BrFN3. The summed E-state index contributed by atoms with van der Waals surface area (Å²) in [4.78, 5) is 0. The van der Waals surface area contributed by atoms with Crippen LogP contribution in [0, 0.1) is 12.7 Å². The van der Waals surface area contributed by atoms with Crippen molar-refractivity contribution in [3.8, 4) is 0 Å². The molecule has 0 fully saturated rings. The minimum absolute atomic E-state index is 0.116. The topological polar surface area (TPSA) is 29.9 Å². The zero-order chi connectivity index (χ0) is 14.7. The summed E-state index contributed by atoms with van der Waals surface area (Å²) in [6, 6.07) is 7.20. The van der Waals surface area contributed by atoms with Gasteiger partial charge >= 0.3 is 0 Å². The molecule has 0 aliphatic heterocycles. The van der Waals surface area contributed by atoms with E-state index < -0.39 is 0 Å². The van der Waals surface area contributed by atoms with Gasteiger partial charge in [0, 0.05) is 11.0 Å². The fourth-order valence-corrected chi connectivity index (χ4v) is 2.93. The molecule has 0 aliphatic carbocycles. The first-order valence-electron chi connectivity index (χ1n) is 6.70. The lowest BCUT2D eigenvalue weighted by atomic mass is 10.0. The zero-order valence-electron chi connectivity index (χ0n) is 12.0. The van der Waals surface area contributed by atoms with Crippen LogP contribution in [-0.4, -0.2) is 16.8 Å². The molecule has 0 aliphatic rings. The van der Waals surface area contributed by atoms with Crippen LogP contribution in [0.3, 0.4) is 0 Å². The molecule has 108 valence electrons. The van der Waals surface area contributed by atoms with Crippen LogP contribution in [0.15, 0.2) is 28.7 Å². The van der Waals surface area contributed by atoms with Crippen molar-refractivity contribution in [2.45, 2.75) is 32.9 Å². The van der Waals surface area contributed by atoms with E-state index in [1.807, 2.05) is 24.7 Å². The Kier molecular flexibility index (Phi) is 4.94. The van der Waals surface area contributed by atoms with Gasteiger partial charge in [0.25, 0.3) is 0 Å². The Morgan fingerprint density at radius 1 is 1.35 bits per heavy atom. The van der Waals surface area contributed by atoms with Crippen LogP contribution >= 0.6 is 15.9 Å². The van der Waals surface area contributed by atoms with Crippen molar-refractivity contribution in [1.82, 2.24) is 15.1 Å². The molecule has 5 heteroatoms. The van der Waals surface area contributed by atoms with Gasteiger partial charge in [0.2, 0.25) is 0 Å². The molecule has 0 spiro atoms. The molecule has 0 saturated carbocycles. The molecule has 3 nitrogen and oxygen atoms in total. The highest BCUT2D eigenvalue weighted by atomic mass is 79.9. The van der Waals surface area contributed by atoms with Crippen molar-refractivity contribution in [1.29, 1.82) is 0 Å². The van der Waals surface area contributed by atoms with Crippen molar-refractivity contribution in [2.75, 3.05) is 7.05 Å². The third kappa shape index (κ3) is 3.46. The lowest BCUT2D eigenvalue weighted by molar-refractivity contribution is 0.511. The first-order valence-corrected chi connectivity index (χ1v) is 7.49. The molecule has 1 atom stereocenters. The lowest BCUT2D eigenvalue weighted by Gasteiger charge is -2.18. The Hall–Kier alpha value is -1.20. The molecular weight excluding hydrogens is 321 g/mol. The monoisotopic (exact) mass is 339 g/mol. The summed E-state index contributed by atoms with van der Waals surface area (Å²) >= 11 is 3.34. The van der Waals surface area contributed by atoms with E-state index >= 15 is 0 Å². The molecule has 1 N–H and O–H groups in total. The van der Waals surface area contributed by atoms with E-state index in [4.69, 9.17) is 0 Å². The molecule has 2 aromatic rings. The number of halogens is 2. The van der Waals surface area contributed by atoms with Crippen LogP contribution in [0.25, 0.3) is 0 Å². The average Bonchev–Trinajstić information content (AvgIpc) is 2.76. The van der Waals surface area contributed by atoms with Gasteiger partial charge in [0.1, 0.15) is 5.82 Å². The summed E-state index contributed by atoms with van der Waals surface area (Å²) in [7, 11) is 1.92. The van der Waals surface area contributed by atoms with Crippen LogP contribution in [-0.2, 0) is 13.0 Å². The first kappa shape index (κ1) is 15.2. The van der Waals surface area contributed by atoms with Gasteiger partial charge in [-0.3, -0.25) is 4.68 Å². The maximum atomic E-state index is 13.5. The van der Waals surface area contributed by atoms with Gasteiger partial charge in [-0.2, -0.15) is 5.10 Å². The van der Waals surface area contributed by atoms with E-state index in [2.05, 4.69) is 39.3 Å². The van der Waals surface area contributed by atoms with Gasteiger partial charge in [-0.1, -0.05) is 15.9 Å². The standard InChI is InChI=1S/C15H19BrFN3/c1-4-20-15(5-10(2)19-20)14(18-3)8-11-6-12(16)9-13(17)7-11/h5-7,9,14,18H,4,8H2,1-3H3. The van der Waals surface area contributed by atoms with Crippen molar-refractivity contribution in [3.05, 3.63) is 51.5 Å². The number of nitrogens with one attached hydrogen (secondary N) is 1. The predicted molar refractivity (Wildman–Crippen MR) is 82.2 cm³/mol. The molecule has 0 saturated heterocycles. The predicted octanol–water partition coefficient (Wildman–Crippen LogP) is 3.62. The average molecular weight is 340 g/mol. The number of hydrogen-bond donors (Lipinski definition) is 1. The van der Waals surface area contributed by atoms with Crippen LogP contribution in [0.2, 0.25) is 0 Å². The fourth-order valence-electron chi connectivity index (χ4n) is 2.42. The molecule has 1 heterocycles. The van der Waals surface area contributed by atoms with E-state index in [9.17, 15) is 4.39 Å². The van der Waals surface area contributed by atoms with Gasteiger partial charge in [-0.25, -0.2) is 4.39 Å². The summed E-state index contributed by atoms with van der Waals surface area (Å²) in [6.45, 7) is 4.89. The number of aryl methyl sites for hydroxylation is 2. The fraction of sp³-hybridized carbons (Fsp3) is 0.400. The summed E-state index contributed by atoms with van der Waals surface area (Å²) in [5.41, 5.74) is 3.09. The Bertz CT molecular complexity index is 575. The van der Waals surface area contributed by atoms with Crippen LogP contribution in [0.5, 0.6) is 0 Å². The maximum Gasteiger partial charge on any atom is 0.124 e. The Balaban J connectivity index is 2.28. The molecule has 1 unspecified atom stereocenters. The van der Waals surface area contributed by atoms with Gasteiger partial charge < -0.3 is 5.32 Å². The van der Waals surface area contributed by atoms with Crippen LogP contribution in [0.4, 0.5) is 4.39 Å². The summed E-state index contributed by atoms with van der Waals surface area (Å²) in [6.07, 6.45) is 0.720. The van der Waals surface area contributed by atoms with E-state index in [-0.39, 0.29) is 11.9 Å². The van der Waals surface area contributed by atoms with E-state index in [0.717, 1.165) is 34.4 Å². The van der Waals surface area contributed by atoms with E-state index in [1.165, 1.54) is 6.07 Å². The number of hydrogen-bond acceptors (Lipinski definition) is 2. The highest BCUT2D eigenvalue weighted by Gasteiger charge is 2.16. The highest BCUT2D eigenvalue weighted by Crippen LogP contribution is 2.22. The number of benzene rings is 1. The second kappa shape index (κ2) is 6.50. The number of nitrogens with zero attached hydrogens (tertiary/aromatic N) is 2. The lowest BCUT2D eigenvalue weighted by Crippen LogP contribution is -2.22. The SMILES string of the molecule is CCn1nc(C)cc1C(Cc1cc(F)cc(Br)c1)NC. The molecule has 2 rings (SSSR count). The molecule has 20 heavy (non-hydrogen) atoms.